The average Bonchev–Trinajstić information content (AvgIpc) is 2.58. The predicted octanol–water partition coefficient (Wildman–Crippen LogP) is 1.56. The molecule has 0 aliphatic carbocycles. The van der Waals surface area contributed by atoms with E-state index in [1.54, 1.807) is 0 Å². The number of aromatic nitrogens is 3. The summed E-state index contributed by atoms with van der Waals surface area (Å²) in [5.74, 6) is 0. The maximum absolute atomic E-state index is 13.0. The van der Waals surface area contributed by atoms with Gasteiger partial charge in [0.25, 0.3) is 5.56 Å². The van der Waals surface area contributed by atoms with Gasteiger partial charge in [-0.05, 0) is 30.3 Å². The maximum Gasteiger partial charge on any atom is 0.416 e. The fourth-order valence-electron chi connectivity index (χ4n) is 2.54. The van der Waals surface area contributed by atoms with E-state index in [4.69, 9.17) is 5.11 Å². The number of halogens is 3. The lowest BCUT2D eigenvalue weighted by Gasteiger charge is -2.14. The summed E-state index contributed by atoms with van der Waals surface area (Å²) in [7, 11) is 0. The number of pyridine rings is 1. The number of nitrogens with zero attached hydrogens (tertiary/aromatic N) is 3. The first-order valence-corrected chi connectivity index (χ1v) is 7.23. The van der Waals surface area contributed by atoms with Gasteiger partial charge in [-0.3, -0.25) is 9.36 Å². The largest absolute Gasteiger partial charge is 0.416 e. The normalized spacial score (nSPS) is 11.8. The van der Waals surface area contributed by atoms with Gasteiger partial charge in [-0.25, -0.2) is 14.3 Å². The van der Waals surface area contributed by atoms with Gasteiger partial charge < -0.3 is 5.11 Å². The quantitative estimate of drug-likeness (QED) is 0.777. The molecule has 2 aromatic heterocycles. The van der Waals surface area contributed by atoms with Crippen LogP contribution in [-0.2, 0) is 12.7 Å². The van der Waals surface area contributed by atoms with Crippen molar-refractivity contribution in [2.24, 2.45) is 0 Å². The van der Waals surface area contributed by atoms with Crippen molar-refractivity contribution >= 4 is 11.0 Å². The van der Waals surface area contributed by atoms with E-state index < -0.39 is 29.6 Å². The molecule has 6 nitrogen and oxygen atoms in total. The average molecular weight is 351 g/mol. The monoisotopic (exact) mass is 351 g/mol. The fourth-order valence-corrected chi connectivity index (χ4v) is 2.54. The highest BCUT2D eigenvalue weighted by atomic mass is 19.4. The molecule has 130 valence electrons. The summed E-state index contributed by atoms with van der Waals surface area (Å²) >= 11 is 0. The molecule has 0 aliphatic heterocycles. The van der Waals surface area contributed by atoms with Crippen molar-refractivity contribution in [3.8, 4) is 5.69 Å². The zero-order chi connectivity index (χ0) is 18.2. The summed E-state index contributed by atoms with van der Waals surface area (Å²) < 4.78 is 40.6. The Hall–Kier alpha value is -2.94. The van der Waals surface area contributed by atoms with E-state index in [0.29, 0.717) is 0 Å². The first-order valence-electron chi connectivity index (χ1n) is 7.23. The molecule has 0 amide bonds. The molecule has 3 rings (SSSR count). The minimum atomic E-state index is -4.58. The van der Waals surface area contributed by atoms with E-state index in [9.17, 15) is 22.8 Å². The standard InChI is InChI=1S/C16H12F3N3O3/c17-16(18,19)10-3-1-4-11(9-10)22-13-12(5-2-6-20-13)14(24)21(7-8-23)15(22)25/h1-6,9,23H,7-8H2. The molecule has 0 bridgehead atoms. The number of aliphatic hydroxyl groups is 1. The van der Waals surface area contributed by atoms with E-state index in [2.05, 4.69) is 4.98 Å². The molecule has 2 heterocycles. The van der Waals surface area contributed by atoms with Crippen molar-refractivity contribution in [3.63, 3.8) is 0 Å². The van der Waals surface area contributed by atoms with E-state index in [1.165, 1.54) is 30.5 Å². The van der Waals surface area contributed by atoms with Gasteiger partial charge in [0.1, 0.15) is 0 Å². The zero-order valence-electron chi connectivity index (χ0n) is 12.7. The SMILES string of the molecule is O=c1c2cccnc2n(-c2cccc(C(F)(F)F)c2)c(=O)n1CCO. The molecule has 25 heavy (non-hydrogen) atoms. The number of benzene rings is 1. The molecule has 0 fully saturated rings. The van der Waals surface area contributed by atoms with Gasteiger partial charge in [0.05, 0.1) is 29.8 Å². The van der Waals surface area contributed by atoms with Crippen molar-refractivity contribution in [1.82, 2.24) is 14.1 Å². The van der Waals surface area contributed by atoms with Crippen LogP contribution in [0.15, 0.2) is 52.2 Å². The molecule has 3 aromatic rings. The smallest absolute Gasteiger partial charge is 0.395 e. The van der Waals surface area contributed by atoms with Gasteiger partial charge in [0.15, 0.2) is 5.65 Å². The highest BCUT2D eigenvalue weighted by Gasteiger charge is 2.30. The Bertz CT molecular complexity index is 1050. The van der Waals surface area contributed by atoms with Crippen LogP contribution in [0.25, 0.3) is 16.7 Å². The van der Waals surface area contributed by atoms with Crippen LogP contribution in [0.5, 0.6) is 0 Å². The first kappa shape index (κ1) is 16.9. The number of fused-ring (bicyclic) bond motifs is 1. The first-order chi connectivity index (χ1) is 11.8. The molecular formula is C16H12F3N3O3. The lowest BCUT2D eigenvalue weighted by molar-refractivity contribution is -0.137. The number of hydrogen-bond donors (Lipinski definition) is 1. The minimum absolute atomic E-state index is 0.0500. The van der Waals surface area contributed by atoms with Crippen LogP contribution in [0, 0.1) is 0 Å². The maximum atomic E-state index is 13.0. The van der Waals surface area contributed by atoms with Crippen molar-refractivity contribution in [3.05, 3.63) is 69.0 Å². The third-order valence-electron chi connectivity index (χ3n) is 3.65. The van der Waals surface area contributed by atoms with Crippen LogP contribution in [0.3, 0.4) is 0 Å². The summed E-state index contributed by atoms with van der Waals surface area (Å²) in [4.78, 5) is 29.0. The van der Waals surface area contributed by atoms with E-state index in [0.717, 1.165) is 21.3 Å². The molecule has 1 N–H and O–H groups in total. The molecular weight excluding hydrogens is 339 g/mol. The van der Waals surface area contributed by atoms with E-state index in [-0.39, 0.29) is 23.3 Å². The molecule has 0 unspecified atom stereocenters. The van der Waals surface area contributed by atoms with Crippen LogP contribution in [-0.4, -0.2) is 25.8 Å². The molecule has 1 aromatic carbocycles. The number of alkyl halides is 3. The molecule has 0 aliphatic rings. The second-order valence-electron chi connectivity index (χ2n) is 5.22. The Morgan fingerprint density at radius 2 is 1.88 bits per heavy atom. The van der Waals surface area contributed by atoms with E-state index in [1.807, 2.05) is 0 Å². The van der Waals surface area contributed by atoms with Gasteiger partial charge in [0.2, 0.25) is 0 Å². The summed E-state index contributed by atoms with van der Waals surface area (Å²) in [5, 5.41) is 9.14. The molecule has 0 spiro atoms. The van der Waals surface area contributed by atoms with Gasteiger partial charge >= 0.3 is 11.9 Å². The molecule has 0 saturated heterocycles. The fraction of sp³-hybridized carbons (Fsp3) is 0.188. The van der Waals surface area contributed by atoms with Crippen molar-refractivity contribution in [2.45, 2.75) is 12.7 Å². The number of rotatable bonds is 3. The van der Waals surface area contributed by atoms with E-state index >= 15 is 0 Å². The van der Waals surface area contributed by atoms with Gasteiger partial charge in [0, 0.05) is 6.20 Å². The van der Waals surface area contributed by atoms with Crippen LogP contribution in [0.4, 0.5) is 13.2 Å². The van der Waals surface area contributed by atoms with Gasteiger partial charge in [-0.1, -0.05) is 6.07 Å². The lowest BCUT2D eigenvalue weighted by atomic mass is 10.2. The second-order valence-corrected chi connectivity index (χ2v) is 5.22. The van der Waals surface area contributed by atoms with Crippen LogP contribution in [0.2, 0.25) is 0 Å². The third kappa shape index (κ3) is 2.93. The molecule has 0 saturated carbocycles. The Kier molecular flexibility index (Phi) is 4.17. The molecule has 0 atom stereocenters. The lowest BCUT2D eigenvalue weighted by Crippen LogP contribution is -2.40. The highest BCUT2D eigenvalue weighted by molar-refractivity contribution is 5.75. The zero-order valence-corrected chi connectivity index (χ0v) is 12.7. The third-order valence-corrected chi connectivity index (χ3v) is 3.65. The second kappa shape index (κ2) is 6.17. The molecule has 9 heteroatoms. The number of hydrogen-bond acceptors (Lipinski definition) is 4. The minimum Gasteiger partial charge on any atom is -0.395 e. The van der Waals surface area contributed by atoms with Crippen LogP contribution < -0.4 is 11.2 Å². The molecule has 0 radical (unpaired) electrons. The van der Waals surface area contributed by atoms with Crippen LogP contribution >= 0.6 is 0 Å². The van der Waals surface area contributed by atoms with Crippen molar-refractivity contribution in [1.29, 1.82) is 0 Å². The highest BCUT2D eigenvalue weighted by Crippen LogP contribution is 2.30. The Balaban J connectivity index is 2.41. The Labute approximate surface area is 138 Å². The van der Waals surface area contributed by atoms with Crippen LogP contribution in [0.1, 0.15) is 5.56 Å². The van der Waals surface area contributed by atoms with Crippen molar-refractivity contribution < 1.29 is 18.3 Å². The number of aliphatic hydroxyl groups excluding tert-OH is 1. The Morgan fingerprint density at radius 1 is 1.12 bits per heavy atom. The predicted molar refractivity (Wildman–Crippen MR) is 83.7 cm³/mol. The summed E-state index contributed by atoms with van der Waals surface area (Å²) in [6.45, 7) is -0.745. The van der Waals surface area contributed by atoms with Crippen molar-refractivity contribution in [2.75, 3.05) is 6.61 Å². The van der Waals surface area contributed by atoms with Gasteiger partial charge in [-0.2, -0.15) is 13.2 Å². The summed E-state index contributed by atoms with van der Waals surface area (Å²) in [6.07, 6.45) is -3.25. The Morgan fingerprint density at radius 3 is 2.56 bits per heavy atom. The topological polar surface area (TPSA) is 77.1 Å². The van der Waals surface area contributed by atoms with Gasteiger partial charge in [-0.15, -0.1) is 0 Å². The summed E-state index contributed by atoms with van der Waals surface area (Å²) in [6, 6.07) is 7.08. The summed E-state index contributed by atoms with van der Waals surface area (Å²) in [5.41, 5.74) is -2.59.